The van der Waals surface area contributed by atoms with E-state index in [2.05, 4.69) is 16.7 Å². The molecule has 2 aliphatic heterocycles. The quantitative estimate of drug-likeness (QED) is 0.748. The van der Waals surface area contributed by atoms with Gasteiger partial charge >= 0.3 is 0 Å². The zero-order valence-electron chi connectivity index (χ0n) is 13.2. The van der Waals surface area contributed by atoms with E-state index in [9.17, 15) is 0 Å². The summed E-state index contributed by atoms with van der Waals surface area (Å²) < 4.78 is 5.82. The zero-order valence-corrected chi connectivity index (χ0v) is 13.2. The highest BCUT2D eigenvalue weighted by atomic mass is 16.5. The molecule has 0 saturated carbocycles. The molecule has 2 heterocycles. The Morgan fingerprint density at radius 1 is 1.19 bits per heavy atom. The van der Waals surface area contributed by atoms with Crippen molar-refractivity contribution in [3.8, 4) is 5.75 Å². The average Bonchev–Trinajstić information content (AvgIpc) is 2.99. The van der Waals surface area contributed by atoms with Crippen LogP contribution >= 0.6 is 0 Å². The van der Waals surface area contributed by atoms with E-state index < -0.39 is 0 Å². The molecular formula is C18H28N2O. The summed E-state index contributed by atoms with van der Waals surface area (Å²) in [5, 5.41) is 0. The van der Waals surface area contributed by atoms with Crippen LogP contribution in [0.1, 0.15) is 32.6 Å². The molecule has 0 spiro atoms. The molecule has 0 radical (unpaired) electrons. The molecule has 0 amide bonds. The number of para-hydroxylation sites is 1. The van der Waals surface area contributed by atoms with E-state index in [0.717, 1.165) is 30.9 Å². The van der Waals surface area contributed by atoms with Crippen LogP contribution < -0.4 is 4.74 Å². The highest BCUT2D eigenvalue weighted by molar-refractivity contribution is 5.20. The number of hydrogen-bond donors (Lipinski definition) is 0. The molecule has 0 bridgehead atoms. The third-order valence-corrected chi connectivity index (χ3v) is 4.98. The monoisotopic (exact) mass is 288 g/mol. The fraction of sp³-hybridized carbons (Fsp3) is 0.667. The van der Waals surface area contributed by atoms with Crippen LogP contribution in [-0.4, -0.2) is 54.7 Å². The second-order valence-corrected chi connectivity index (χ2v) is 6.36. The van der Waals surface area contributed by atoms with Crippen molar-refractivity contribution in [2.24, 2.45) is 0 Å². The number of nitrogens with zero attached hydrogens (tertiary/aromatic N) is 2. The van der Waals surface area contributed by atoms with Crippen molar-refractivity contribution in [3.05, 3.63) is 30.3 Å². The molecule has 2 saturated heterocycles. The lowest BCUT2D eigenvalue weighted by Crippen LogP contribution is -2.56. The molecule has 3 nitrogen and oxygen atoms in total. The van der Waals surface area contributed by atoms with E-state index in [4.69, 9.17) is 4.74 Å². The van der Waals surface area contributed by atoms with Gasteiger partial charge in [-0.15, -0.1) is 0 Å². The van der Waals surface area contributed by atoms with Crippen LogP contribution in [0.5, 0.6) is 5.75 Å². The first-order valence-electron chi connectivity index (χ1n) is 8.52. The maximum absolute atomic E-state index is 5.82. The van der Waals surface area contributed by atoms with Crippen LogP contribution in [-0.2, 0) is 0 Å². The van der Waals surface area contributed by atoms with Gasteiger partial charge < -0.3 is 4.74 Å². The summed E-state index contributed by atoms with van der Waals surface area (Å²) in [4.78, 5) is 5.42. The lowest BCUT2D eigenvalue weighted by molar-refractivity contribution is 0.0459. The average molecular weight is 288 g/mol. The van der Waals surface area contributed by atoms with Crippen LogP contribution in [0.4, 0.5) is 0 Å². The van der Waals surface area contributed by atoms with Crippen molar-refractivity contribution in [2.45, 2.75) is 44.7 Å². The van der Waals surface area contributed by atoms with Crippen molar-refractivity contribution >= 4 is 0 Å². The van der Waals surface area contributed by atoms with Gasteiger partial charge in [0.05, 0.1) is 6.61 Å². The first-order chi connectivity index (χ1) is 10.4. The molecule has 0 N–H and O–H groups in total. The lowest BCUT2D eigenvalue weighted by Gasteiger charge is -2.43. The van der Waals surface area contributed by atoms with E-state index in [1.807, 2.05) is 30.3 Å². The number of rotatable bonds is 6. The molecule has 2 unspecified atom stereocenters. The molecule has 0 aromatic heterocycles. The first-order valence-corrected chi connectivity index (χ1v) is 8.52. The minimum Gasteiger partial charge on any atom is -0.494 e. The van der Waals surface area contributed by atoms with E-state index in [-0.39, 0.29) is 0 Å². The summed E-state index contributed by atoms with van der Waals surface area (Å²) in [6, 6.07) is 11.7. The van der Waals surface area contributed by atoms with E-state index >= 15 is 0 Å². The molecule has 1 aromatic rings. The minimum absolute atomic E-state index is 0.746. The van der Waals surface area contributed by atoms with E-state index in [1.165, 1.54) is 45.4 Å². The summed E-state index contributed by atoms with van der Waals surface area (Å²) in [6.45, 7) is 8.20. The molecule has 2 atom stereocenters. The Bertz CT molecular complexity index is 422. The third-order valence-electron chi connectivity index (χ3n) is 4.98. The Balaban J connectivity index is 1.43. The standard InChI is InChI=1S/C18H28N2O/c1-2-16-14-20-11-6-8-17(20)15-19(16)12-7-13-21-18-9-4-3-5-10-18/h3-5,9-10,16-17H,2,6-8,11-15H2,1H3. The molecule has 116 valence electrons. The van der Waals surface area contributed by atoms with E-state index in [0.29, 0.717) is 0 Å². The predicted molar refractivity (Wildman–Crippen MR) is 86.8 cm³/mol. The fourth-order valence-corrected chi connectivity index (χ4v) is 3.78. The van der Waals surface area contributed by atoms with Gasteiger partial charge in [-0.05, 0) is 44.4 Å². The second kappa shape index (κ2) is 7.28. The summed E-state index contributed by atoms with van der Waals surface area (Å²) in [7, 11) is 0. The van der Waals surface area contributed by atoms with Gasteiger partial charge in [-0.25, -0.2) is 0 Å². The van der Waals surface area contributed by atoms with Gasteiger partial charge in [0.15, 0.2) is 0 Å². The normalized spacial score (nSPS) is 26.7. The summed E-state index contributed by atoms with van der Waals surface area (Å²) in [6.07, 6.45) is 5.18. The van der Waals surface area contributed by atoms with Gasteiger partial charge in [-0.2, -0.15) is 0 Å². The van der Waals surface area contributed by atoms with Crippen molar-refractivity contribution in [1.29, 1.82) is 0 Å². The second-order valence-electron chi connectivity index (χ2n) is 6.36. The molecule has 2 aliphatic rings. The van der Waals surface area contributed by atoms with Gasteiger partial charge in [0, 0.05) is 31.7 Å². The van der Waals surface area contributed by atoms with Gasteiger partial charge in [0.1, 0.15) is 5.75 Å². The maximum atomic E-state index is 5.82. The Morgan fingerprint density at radius 3 is 2.86 bits per heavy atom. The summed E-state index contributed by atoms with van der Waals surface area (Å²) in [5.41, 5.74) is 0. The summed E-state index contributed by atoms with van der Waals surface area (Å²) >= 11 is 0. The molecule has 1 aromatic carbocycles. The maximum Gasteiger partial charge on any atom is 0.119 e. The Hall–Kier alpha value is -1.06. The first kappa shape index (κ1) is 14.9. The molecule has 2 fully saturated rings. The number of hydrogen-bond acceptors (Lipinski definition) is 3. The molecular weight excluding hydrogens is 260 g/mol. The topological polar surface area (TPSA) is 15.7 Å². The number of benzene rings is 1. The van der Waals surface area contributed by atoms with Crippen molar-refractivity contribution in [2.75, 3.05) is 32.8 Å². The van der Waals surface area contributed by atoms with Crippen LogP contribution in [0.15, 0.2) is 30.3 Å². The van der Waals surface area contributed by atoms with Gasteiger partial charge in [-0.1, -0.05) is 25.1 Å². The van der Waals surface area contributed by atoms with Crippen molar-refractivity contribution < 1.29 is 4.74 Å². The molecule has 3 rings (SSSR count). The predicted octanol–water partition coefficient (Wildman–Crippen LogP) is 3.01. The van der Waals surface area contributed by atoms with Gasteiger partial charge in [0.2, 0.25) is 0 Å². The number of fused-ring (bicyclic) bond motifs is 1. The zero-order chi connectivity index (χ0) is 14.5. The molecule has 3 heteroatoms. The molecule has 0 aliphatic carbocycles. The Kier molecular flexibility index (Phi) is 5.15. The Labute approximate surface area is 128 Å². The largest absolute Gasteiger partial charge is 0.494 e. The highest BCUT2D eigenvalue weighted by Gasteiger charge is 2.34. The van der Waals surface area contributed by atoms with E-state index in [1.54, 1.807) is 0 Å². The van der Waals surface area contributed by atoms with Crippen LogP contribution in [0.3, 0.4) is 0 Å². The van der Waals surface area contributed by atoms with Crippen LogP contribution in [0.2, 0.25) is 0 Å². The fourth-order valence-electron chi connectivity index (χ4n) is 3.78. The third kappa shape index (κ3) is 3.78. The van der Waals surface area contributed by atoms with Crippen molar-refractivity contribution in [3.63, 3.8) is 0 Å². The van der Waals surface area contributed by atoms with Crippen LogP contribution in [0, 0.1) is 0 Å². The lowest BCUT2D eigenvalue weighted by atomic mass is 10.0. The SMILES string of the molecule is CCC1CN2CCCC2CN1CCCOc1ccccc1. The number of piperazine rings is 1. The smallest absolute Gasteiger partial charge is 0.119 e. The highest BCUT2D eigenvalue weighted by Crippen LogP contribution is 2.25. The van der Waals surface area contributed by atoms with Gasteiger partial charge in [0.25, 0.3) is 0 Å². The van der Waals surface area contributed by atoms with Crippen molar-refractivity contribution in [1.82, 2.24) is 9.80 Å². The summed E-state index contributed by atoms with van der Waals surface area (Å²) in [5.74, 6) is 0.991. The minimum atomic E-state index is 0.746. The van der Waals surface area contributed by atoms with Gasteiger partial charge in [-0.3, -0.25) is 9.80 Å². The Morgan fingerprint density at radius 2 is 2.05 bits per heavy atom. The van der Waals surface area contributed by atoms with Crippen LogP contribution in [0.25, 0.3) is 0 Å². The molecule has 21 heavy (non-hydrogen) atoms. The number of ether oxygens (including phenoxy) is 1.